The minimum atomic E-state index is -0.0299. The molecule has 0 aliphatic rings. The van der Waals surface area contributed by atoms with Crippen LogP contribution in [-0.2, 0) is 0 Å². The second kappa shape index (κ2) is 7.04. The molecule has 100 valence electrons. The summed E-state index contributed by atoms with van der Waals surface area (Å²) in [5.74, 6) is 0.621. The standard InChI is InChI=1S/C15H24N2O/c1-5-7-11(2)10-17-14-9-6-8-13(12(14)3)15(18)16-4/h6,8-9,11,17H,5,7,10H2,1-4H3,(H,16,18). The molecule has 0 saturated heterocycles. The van der Waals surface area contributed by atoms with Crippen molar-refractivity contribution in [3.63, 3.8) is 0 Å². The largest absolute Gasteiger partial charge is 0.385 e. The molecule has 3 nitrogen and oxygen atoms in total. The lowest BCUT2D eigenvalue weighted by Gasteiger charge is -2.16. The van der Waals surface area contributed by atoms with Crippen LogP contribution in [0.15, 0.2) is 18.2 Å². The second-order valence-corrected chi connectivity index (χ2v) is 4.83. The van der Waals surface area contributed by atoms with Gasteiger partial charge >= 0.3 is 0 Å². The van der Waals surface area contributed by atoms with E-state index in [1.54, 1.807) is 7.05 Å². The zero-order valence-corrected chi connectivity index (χ0v) is 11.8. The lowest BCUT2D eigenvalue weighted by atomic mass is 10.0. The van der Waals surface area contributed by atoms with E-state index in [0.29, 0.717) is 5.92 Å². The lowest BCUT2D eigenvalue weighted by Crippen LogP contribution is -2.20. The van der Waals surface area contributed by atoms with E-state index in [0.717, 1.165) is 23.4 Å². The van der Waals surface area contributed by atoms with Gasteiger partial charge in [-0.2, -0.15) is 0 Å². The second-order valence-electron chi connectivity index (χ2n) is 4.83. The van der Waals surface area contributed by atoms with Gasteiger partial charge in [0.1, 0.15) is 0 Å². The number of nitrogens with one attached hydrogen (secondary N) is 2. The summed E-state index contributed by atoms with van der Waals surface area (Å²) < 4.78 is 0. The fourth-order valence-electron chi connectivity index (χ4n) is 2.09. The van der Waals surface area contributed by atoms with Gasteiger partial charge in [0, 0.05) is 24.8 Å². The van der Waals surface area contributed by atoms with Crippen molar-refractivity contribution in [2.75, 3.05) is 18.9 Å². The first-order valence-electron chi connectivity index (χ1n) is 6.65. The van der Waals surface area contributed by atoms with E-state index in [1.165, 1.54) is 12.8 Å². The average Bonchev–Trinajstić information content (AvgIpc) is 2.37. The van der Waals surface area contributed by atoms with E-state index in [4.69, 9.17) is 0 Å². The fourth-order valence-corrected chi connectivity index (χ4v) is 2.09. The van der Waals surface area contributed by atoms with Crippen molar-refractivity contribution in [3.05, 3.63) is 29.3 Å². The average molecular weight is 248 g/mol. The minimum absolute atomic E-state index is 0.0299. The van der Waals surface area contributed by atoms with Crippen LogP contribution in [0.2, 0.25) is 0 Å². The summed E-state index contributed by atoms with van der Waals surface area (Å²) in [6, 6.07) is 5.81. The van der Waals surface area contributed by atoms with Gasteiger partial charge in [-0.1, -0.05) is 26.3 Å². The van der Waals surface area contributed by atoms with E-state index in [2.05, 4.69) is 24.5 Å². The Kier molecular flexibility index (Phi) is 5.69. The fraction of sp³-hybridized carbons (Fsp3) is 0.533. The van der Waals surface area contributed by atoms with Crippen molar-refractivity contribution in [1.29, 1.82) is 0 Å². The number of rotatable bonds is 6. The first-order chi connectivity index (χ1) is 8.60. The molecule has 1 amide bonds. The Morgan fingerprint density at radius 3 is 2.72 bits per heavy atom. The molecular weight excluding hydrogens is 224 g/mol. The summed E-state index contributed by atoms with van der Waals surface area (Å²) in [6.45, 7) is 7.38. The maximum atomic E-state index is 11.7. The molecule has 0 bridgehead atoms. The van der Waals surface area contributed by atoms with Gasteiger partial charge in [0.2, 0.25) is 0 Å². The van der Waals surface area contributed by atoms with Crippen molar-refractivity contribution in [3.8, 4) is 0 Å². The molecule has 1 atom stereocenters. The van der Waals surface area contributed by atoms with Crippen LogP contribution in [0.1, 0.15) is 42.6 Å². The number of anilines is 1. The van der Waals surface area contributed by atoms with Crippen molar-refractivity contribution in [2.45, 2.75) is 33.6 Å². The van der Waals surface area contributed by atoms with E-state index >= 15 is 0 Å². The number of hydrogen-bond acceptors (Lipinski definition) is 2. The summed E-state index contributed by atoms with van der Waals surface area (Å²) in [4.78, 5) is 11.7. The first-order valence-corrected chi connectivity index (χ1v) is 6.65. The van der Waals surface area contributed by atoms with Crippen molar-refractivity contribution in [2.24, 2.45) is 5.92 Å². The summed E-state index contributed by atoms with van der Waals surface area (Å²) >= 11 is 0. The predicted molar refractivity (Wildman–Crippen MR) is 77.1 cm³/mol. The summed E-state index contributed by atoms with van der Waals surface area (Å²) in [6.07, 6.45) is 2.43. The maximum absolute atomic E-state index is 11.7. The predicted octanol–water partition coefficient (Wildman–Crippen LogP) is 3.20. The highest BCUT2D eigenvalue weighted by Gasteiger charge is 2.10. The zero-order valence-electron chi connectivity index (χ0n) is 11.8. The molecule has 0 aliphatic heterocycles. The Morgan fingerprint density at radius 1 is 1.39 bits per heavy atom. The summed E-state index contributed by atoms with van der Waals surface area (Å²) in [5.41, 5.74) is 2.81. The Bertz CT molecular complexity index is 401. The van der Waals surface area contributed by atoms with Gasteiger partial charge in [0.05, 0.1) is 0 Å². The number of hydrogen-bond donors (Lipinski definition) is 2. The van der Waals surface area contributed by atoms with Crippen LogP contribution < -0.4 is 10.6 Å². The third kappa shape index (κ3) is 3.76. The van der Waals surface area contributed by atoms with Crippen molar-refractivity contribution < 1.29 is 4.79 Å². The van der Waals surface area contributed by atoms with E-state index in [-0.39, 0.29) is 5.91 Å². The van der Waals surface area contributed by atoms with Crippen molar-refractivity contribution in [1.82, 2.24) is 5.32 Å². The van der Waals surface area contributed by atoms with Gasteiger partial charge in [-0.25, -0.2) is 0 Å². The molecular formula is C15H24N2O. The highest BCUT2D eigenvalue weighted by molar-refractivity contribution is 5.96. The number of amides is 1. The Hall–Kier alpha value is -1.51. The van der Waals surface area contributed by atoms with Crippen LogP contribution in [0.4, 0.5) is 5.69 Å². The van der Waals surface area contributed by atoms with Gasteiger partial charge in [-0.15, -0.1) is 0 Å². The highest BCUT2D eigenvalue weighted by Crippen LogP contribution is 2.19. The Labute approximate surface area is 110 Å². The SMILES string of the molecule is CCCC(C)CNc1cccc(C(=O)NC)c1C. The zero-order chi connectivity index (χ0) is 13.5. The molecule has 0 aromatic heterocycles. The molecule has 0 saturated carbocycles. The number of benzene rings is 1. The smallest absolute Gasteiger partial charge is 0.251 e. The molecule has 3 heteroatoms. The molecule has 2 N–H and O–H groups in total. The highest BCUT2D eigenvalue weighted by atomic mass is 16.1. The summed E-state index contributed by atoms with van der Waals surface area (Å²) in [7, 11) is 1.66. The first kappa shape index (κ1) is 14.6. The summed E-state index contributed by atoms with van der Waals surface area (Å²) in [5, 5.41) is 6.10. The van der Waals surface area contributed by atoms with E-state index in [1.807, 2.05) is 25.1 Å². The minimum Gasteiger partial charge on any atom is -0.385 e. The van der Waals surface area contributed by atoms with Gasteiger partial charge < -0.3 is 10.6 Å². The molecule has 0 radical (unpaired) electrons. The third-order valence-corrected chi connectivity index (χ3v) is 3.23. The molecule has 0 spiro atoms. The Balaban J connectivity index is 2.75. The van der Waals surface area contributed by atoms with Crippen LogP contribution >= 0.6 is 0 Å². The Morgan fingerprint density at radius 2 is 2.11 bits per heavy atom. The molecule has 1 unspecified atom stereocenters. The van der Waals surface area contributed by atoms with Crippen LogP contribution in [0.3, 0.4) is 0 Å². The molecule has 1 rings (SSSR count). The van der Waals surface area contributed by atoms with Gasteiger partial charge in [0.25, 0.3) is 5.91 Å². The topological polar surface area (TPSA) is 41.1 Å². The molecule has 0 heterocycles. The monoisotopic (exact) mass is 248 g/mol. The van der Waals surface area contributed by atoms with Crippen molar-refractivity contribution >= 4 is 11.6 Å². The lowest BCUT2D eigenvalue weighted by molar-refractivity contribution is 0.0962. The van der Waals surface area contributed by atoms with Crippen LogP contribution in [0.25, 0.3) is 0 Å². The molecule has 0 fully saturated rings. The van der Waals surface area contributed by atoms with Gasteiger partial charge in [-0.3, -0.25) is 4.79 Å². The molecule has 1 aromatic rings. The normalized spacial score (nSPS) is 12.0. The van der Waals surface area contributed by atoms with Crippen LogP contribution in [0, 0.1) is 12.8 Å². The third-order valence-electron chi connectivity index (χ3n) is 3.23. The maximum Gasteiger partial charge on any atom is 0.251 e. The van der Waals surface area contributed by atoms with Crippen LogP contribution in [0.5, 0.6) is 0 Å². The van der Waals surface area contributed by atoms with E-state index < -0.39 is 0 Å². The molecule has 1 aromatic carbocycles. The quantitative estimate of drug-likeness (QED) is 0.811. The van der Waals surface area contributed by atoms with Gasteiger partial charge in [-0.05, 0) is 37.0 Å². The van der Waals surface area contributed by atoms with E-state index in [9.17, 15) is 4.79 Å². The number of carbonyl (C=O) groups is 1. The number of carbonyl (C=O) groups excluding carboxylic acids is 1. The van der Waals surface area contributed by atoms with Gasteiger partial charge in [0.15, 0.2) is 0 Å². The van der Waals surface area contributed by atoms with Crippen LogP contribution in [-0.4, -0.2) is 19.5 Å². The molecule has 0 aliphatic carbocycles. The molecule has 18 heavy (non-hydrogen) atoms.